The summed E-state index contributed by atoms with van der Waals surface area (Å²) in [6.07, 6.45) is 5.73. The van der Waals surface area contributed by atoms with E-state index in [1.165, 1.54) is 20.0 Å². The Hall–Kier alpha value is -2.37. The van der Waals surface area contributed by atoms with Gasteiger partial charge in [0.05, 0.1) is 24.9 Å². The number of anilines is 1. The molecule has 2 aromatic heterocycles. The Labute approximate surface area is 123 Å². The Bertz CT molecular complexity index is 631. The molecule has 2 heterocycles. The maximum atomic E-state index is 11.5. The molecule has 1 aliphatic rings. The van der Waals surface area contributed by atoms with E-state index >= 15 is 0 Å². The van der Waals surface area contributed by atoms with Crippen LogP contribution in [0, 0.1) is 0 Å². The largest absolute Gasteiger partial charge is 0.465 e. The summed E-state index contributed by atoms with van der Waals surface area (Å²) < 4.78 is 6.57. The molecule has 1 fully saturated rings. The fourth-order valence-corrected chi connectivity index (χ4v) is 2.31. The highest BCUT2D eigenvalue weighted by Crippen LogP contribution is 2.32. The molecule has 0 bridgehead atoms. The molecule has 3 rings (SSSR count). The van der Waals surface area contributed by atoms with Crippen LogP contribution >= 0.6 is 0 Å². The van der Waals surface area contributed by atoms with Crippen molar-refractivity contribution in [1.29, 1.82) is 0 Å². The molecule has 0 spiro atoms. The number of hydrogen-bond acceptors (Lipinski definition) is 5. The summed E-state index contributed by atoms with van der Waals surface area (Å²) in [6, 6.07) is 6.17. The van der Waals surface area contributed by atoms with Gasteiger partial charge in [0, 0.05) is 25.5 Å². The van der Waals surface area contributed by atoms with E-state index in [1.54, 1.807) is 18.5 Å². The van der Waals surface area contributed by atoms with Gasteiger partial charge in [-0.2, -0.15) is 5.10 Å². The first-order chi connectivity index (χ1) is 10.2. The molecule has 0 atom stereocenters. The number of methoxy groups -OCH3 is 1. The van der Waals surface area contributed by atoms with E-state index in [0.717, 1.165) is 18.1 Å². The molecular weight excluding hydrogens is 268 g/mol. The quantitative estimate of drug-likeness (QED) is 0.784. The zero-order chi connectivity index (χ0) is 14.8. The molecule has 0 saturated heterocycles. The second-order valence-corrected chi connectivity index (χ2v) is 5.20. The molecule has 6 heteroatoms. The highest BCUT2D eigenvalue weighted by atomic mass is 16.5. The van der Waals surface area contributed by atoms with E-state index in [9.17, 15) is 4.79 Å². The van der Waals surface area contributed by atoms with Crippen molar-refractivity contribution in [3.8, 4) is 0 Å². The Morgan fingerprint density at radius 1 is 1.43 bits per heavy atom. The zero-order valence-electron chi connectivity index (χ0n) is 12.2. The summed E-state index contributed by atoms with van der Waals surface area (Å²) in [5.41, 5.74) is 1.61. The molecule has 0 radical (unpaired) electrons. The number of aromatic nitrogens is 3. The number of ether oxygens (including phenoxy) is 1. The van der Waals surface area contributed by atoms with Crippen LogP contribution in [0.25, 0.3) is 0 Å². The van der Waals surface area contributed by atoms with Crippen LogP contribution in [-0.2, 0) is 18.3 Å². The maximum absolute atomic E-state index is 11.5. The van der Waals surface area contributed by atoms with E-state index in [2.05, 4.69) is 15.0 Å². The first-order valence-electron chi connectivity index (χ1n) is 6.97. The number of hydrogen-bond donors (Lipinski definition) is 0. The fraction of sp³-hybridized carbons (Fsp3) is 0.400. The molecule has 0 amide bonds. The fourth-order valence-electron chi connectivity index (χ4n) is 2.31. The molecule has 2 aromatic rings. The predicted molar refractivity (Wildman–Crippen MR) is 78.0 cm³/mol. The predicted octanol–water partition coefficient (Wildman–Crippen LogP) is 1.77. The summed E-state index contributed by atoms with van der Waals surface area (Å²) in [6.45, 7) is 0.770. The van der Waals surface area contributed by atoms with Crippen LogP contribution in [0.2, 0.25) is 0 Å². The summed E-state index contributed by atoms with van der Waals surface area (Å²) in [5.74, 6) is 0.519. The number of carbonyl (C=O) groups excluding carboxylic acids is 1. The van der Waals surface area contributed by atoms with Crippen molar-refractivity contribution >= 4 is 11.8 Å². The van der Waals surface area contributed by atoms with Gasteiger partial charge in [-0.25, -0.2) is 9.78 Å². The molecular formula is C15H18N4O2. The summed E-state index contributed by atoms with van der Waals surface area (Å²) >= 11 is 0. The smallest absolute Gasteiger partial charge is 0.339 e. The van der Waals surface area contributed by atoms with Gasteiger partial charge in [-0.15, -0.1) is 0 Å². The van der Waals surface area contributed by atoms with Crippen LogP contribution in [0.3, 0.4) is 0 Å². The van der Waals surface area contributed by atoms with Crippen molar-refractivity contribution in [3.05, 3.63) is 41.9 Å². The van der Waals surface area contributed by atoms with Gasteiger partial charge >= 0.3 is 5.97 Å². The second-order valence-electron chi connectivity index (χ2n) is 5.20. The number of aryl methyl sites for hydroxylation is 1. The SMILES string of the molecule is COC(=O)c1ccc(N(Cc2ccnn2C)C2CC2)nc1. The van der Waals surface area contributed by atoms with Crippen LogP contribution < -0.4 is 4.90 Å². The van der Waals surface area contributed by atoms with Crippen LogP contribution in [0.15, 0.2) is 30.6 Å². The van der Waals surface area contributed by atoms with Gasteiger partial charge in [0.1, 0.15) is 5.82 Å². The van der Waals surface area contributed by atoms with Crippen LogP contribution in [0.4, 0.5) is 5.82 Å². The van der Waals surface area contributed by atoms with Crippen molar-refractivity contribution in [2.24, 2.45) is 7.05 Å². The normalized spacial score (nSPS) is 14.0. The van der Waals surface area contributed by atoms with Crippen molar-refractivity contribution < 1.29 is 9.53 Å². The maximum Gasteiger partial charge on any atom is 0.339 e. The van der Waals surface area contributed by atoms with Gasteiger partial charge in [-0.05, 0) is 31.0 Å². The Kier molecular flexibility index (Phi) is 3.60. The Morgan fingerprint density at radius 2 is 2.24 bits per heavy atom. The zero-order valence-corrected chi connectivity index (χ0v) is 12.2. The lowest BCUT2D eigenvalue weighted by atomic mass is 10.2. The van der Waals surface area contributed by atoms with E-state index in [0.29, 0.717) is 11.6 Å². The van der Waals surface area contributed by atoms with Gasteiger partial charge < -0.3 is 9.64 Å². The highest BCUT2D eigenvalue weighted by Gasteiger charge is 2.30. The lowest BCUT2D eigenvalue weighted by Gasteiger charge is -2.23. The minimum atomic E-state index is -0.362. The van der Waals surface area contributed by atoms with Gasteiger partial charge in [-0.3, -0.25) is 4.68 Å². The minimum Gasteiger partial charge on any atom is -0.465 e. The lowest BCUT2D eigenvalue weighted by Crippen LogP contribution is -2.27. The number of pyridine rings is 1. The topological polar surface area (TPSA) is 60.2 Å². The molecule has 0 N–H and O–H groups in total. The number of carbonyl (C=O) groups is 1. The van der Waals surface area contributed by atoms with Crippen LogP contribution in [-0.4, -0.2) is 33.9 Å². The summed E-state index contributed by atoms with van der Waals surface area (Å²) in [5, 5.41) is 4.20. The van der Waals surface area contributed by atoms with E-state index in [4.69, 9.17) is 4.74 Å². The Morgan fingerprint density at radius 3 is 2.76 bits per heavy atom. The van der Waals surface area contributed by atoms with Crippen molar-refractivity contribution in [3.63, 3.8) is 0 Å². The summed E-state index contributed by atoms with van der Waals surface area (Å²) in [4.78, 5) is 18.1. The number of esters is 1. The highest BCUT2D eigenvalue weighted by molar-refractivity contribution is 5.89. The summed E-state index contributed by atoms with van der Waals surface area (Å²) in [7, 11) is 3.31. The third-order valence-electron chi connectivity index (χ3n) is 3.71. The van der Waals surface area contributed by atoms with Crippen LogP contribution in [0.5, 0.6) is 0 Å². The second kappa shape index (κ2) is 5.55. The van der Waals surface area contributed by atoms with Gasteiger partial charge in [0.25, 0.3) is 0 Å². The monoisotopic (exact) mass is 286 g/mol. The molecule has 110 valence electrons. The average Bonchev–Trinajstić information content (AvgIpc) is 3.28. The van der Waals surface area contributed by atoms with Crippen molar-refractivity contribution in [2.75, 3.05) is 12.0 Å². The molecule has 0 aromatic carbocycles. The average molecular weight is 286 g/mol. The van der Waals surface area contributed by atoms with E-state index < -0.39 is 0 Å². The van der Waals surface area contributed by atoms with Crippen LogP contribution in [0.1, 0.15) is 28.9 Å². The third kappa shape index (κ3) is 2.89. The van der Waals surface area contributed by atoms with Crippen molar-refractivity contribution in [2.45, 2.75) is 25.4 Å². The molecule has 1 aliphatic carbocycles. The molecule has 0 aliphatic heterocycles. The minimum absolute atomic E-state index is 0.362. The molecule has 0 unspecified atom stereocenters. The van der Waals surface area contributed by atoms with Gasteiger partial charge in [0.2, 0.25) is 0 Å². The molecule has 21 heavy (non-hydrogen) atoms. The third-order valence-corrected chi connectivity index (χ3v) is 3.71. The van der Waals surface area contributed by atoms with Gasteiger partial charge in [0.15, 0.2) is 0 Å². The number of nitrogens with zero attached hydrogens (tertiary/aromatic N) is 4. The van der Waals surface area contributed by atoms with Gasteiger partial charge in [-0.1, -0.05) is 0 Å². The van der Waals surface area contributed by atoms with E-state index in [1.807, 2.05) is 23.9 Å². The first-order valence-corrected chi connectivity index (χ1v) is 6.97. The van der Waals surface area contributed by atoms with Crippen molar-refractivity contribution in [1.82, 2.24) is 14.8 Å². The first kappa shape index (κ1) is 13.6. The Balaban J connectivity index is 1.81. The lowest BCUT2D eigenvalue weighted by molar-refractivity contribution is 0.0600. The standard InChI is InChI=1S/C15H18N4O2/c1-18-13(7-8-17-18)10-19(12-4-5-12)14-6-3-11(9-16-14)15(20)21-2/h3,6-9,12H,4-5,10H2,1-2H3. The number of rotatable bonds is 5. The molecule has 6 nitrogen and oxygen atoms in total. The van der Waals surface area contributed by atoms with E-state index in [-0.39, 0.29) is 5.97 Å². The molecule has 1 saturated carbocycles.